The summed E-state index contributed by atoms with van der Waals surface area (Å²) in [5, 5.41) is 0. The number of rotatable bonds is 4. The Morgan fingerprint density at radius 2 is 1.94 bits per heavy atom. The van der Waals surface area contributed by atoms with E-state index in [0.717, 1.165) is 17.7 Å². The molecule has 0 unspecified atom stereocenters. The second kappa shape index (κ2) is 5.46. The molecule has 2 rings (SSSR count). The molecule has 0 fully saturated rings. The van der Waals surface area contributed by atoms with E-state index >= 15 is 0 Å². The standard InChI is InChI=1S/C14H16N2O/c1-2-11-5-7-13(8-6-11)17-14-12(10-15)4-3-9-16-14/h3-9H,2,10,15H2,1H3. The van der Waals surface area contributed by atoms with Crippen molar-refractivity contribution < 1.29 is 4.74 Å². The van der Waals surface area contributed by atoms with E-state index < -0.39 is 0 Å². The second-order valence-electron chi connectivity index (χ2n) is 3.77. The molecule has 0 aliphatic carbocycles. The third-order valence-electron chi connectivity index (χ3n) is 2.62. The number of benzene rings is 1. The number of aryl methyl sites for hydroxylation is 1. The van der Waals surface area contributed by atoms with Gasteiger partial charge in [-0.2, -0.15) is 0 Å². The highest BCUT2D eigenvalue weighted by Crippen LogP contribution is 2.22. The van der Waals surface area contributed by atoms with Crippen molar-refractivity contribution in [1.29, 1.82) is 0 Å². The highest BCUT2D eigenvalue weighted by molar-refractivity contribution is 5.33. The summed E-state index contributed by atoms with van der Waals surface area (Å²) in [5.74, 6) is 1.37. The van der Waals surface area contributed by atoms with Crippen molar-refractivity contribution in [3.05, 3.63) is 53.7 Å². The fourth-order valence-corrected chi connectivity index (χ4v) is 1.58. The zero-order valence-electron chi connectivity index (χ0n) is 9.89. The minimum Gasteiger partial charge on any atom is -0.439 e. The zero-order valence-corrected chi connectivity index (χ0v) is 9.89. The maximum atomic E-state index is 5.71. The molecule has 1 aromatic carbocycles. The Balaban J connectivity index is 2.19. The van der Waals surface area contributed by atoms with Crippen LogP contribution in [0.15, 0.2) is 42.6 Å². The molecule has 0 amide bonds. The number of aromatic nitrogens is 1. The van der Waals surface area contributed by atoms with Crippen molar-refractivity contribution in [3.8, 4) is 11.6 Å². The molecule has 0 saturated heterocycles. The predicted molar refractivity (Wildman–Crippen MR) is 68.0 cm³/mol. The van der Waals surface area contributed by atoms with E-state index in [9.17, 15) is 0 Å². The molecule has 3 heteroatoms. The molecular formula is C14H16N2O. The normalized spacial score (nSPS) is 10.2. The molecule has 0 aliphatic heterocycles. The first-order valence-electron chi connectivity index (χ1n) is 5.74. The van der Waals surface area contributed by atoms with E-state index in [-0.39, 0.29) is 0 Å². The Morgan fingerprint density at radius 1 is 1.18 bits per heavy atom. The van der Waals surface area contributed by atoms with Gasteiger partial charge in [0.15, 0.2) is 0 Å². The molecule has 17 heavy (non-hydrogen) atoms. The van der Waals surface area contributed by atoms with Gasteiger partial charge >= 0.3 is 0 Å². The van der Waals surface area contributed by atoms with Crippen LogP contribution in [0, 0.1) is 0 Å². The molecule has 2 aromatic rings. The van der Waals surface area contributed by atoms with E-state index in [2.05, 4.69) is 24.0 Å². The topological polar surface area (TPSA) is 48.1 Å². The maximum absolute atomic E-state index is 5.71. The molecule has 1 aromatic heterocycles. The molecule has 0 spiro atoms. The number of nitrogens with two attached hydrogens (primary N) is 1. The lowest BCUT2D eigenvalue weighted by molar-refractivity contribution is 0.456. The molecule has 0 atom stereocenters. The molecule has 0 aliphatic rings. The number of hydrogen-bond donors (Lipinski definition) is 1. The van der Waals surface area contributed by atoms with Crippen LogP contribution in [-0.4, -0.2) is 4.98 Å². The summed E-state index contributed by atoms with van der Waals surface area (Å²) in [7, 11) is 0. The summed E-state index contributed by atoms with van der Waals surface area (Å²) in [6, 6.07) is 11.8. The molecule has 0 saturated carbocycles. The molecule has 0 radical (unpaired) electrons. The number of ether oxygens (including phenoxy) is 1. The van der Waals surface area contributed by atoms with Gasteiger partial charge in [-0.25, -0.2) is 4.98 Å². The third kappa shape index (κ3) is 2.82. The Kier molecular flexibility index (Phi) is 3.73. The predicted octanol–water partition coefficient (Wildman–Crippen LogP) is 2.90. The van der Waals surface area contributed by atoms with Crippen LogP contribution in [0.1, 0.15) is 18.1 Å². The van der Waals surface area contributed by atoms with Crippen molar-refractivity contribution in [3.63, 3.8) is 0 Å². The molecule has 2 N–H and O–H groups in total. The molecule has 88 valence electrons. The van der Waals surface area contributed by atoms with Crippen LogP contribution in [-0.2, 0) is 13.0 Å². The quantitative estimate of drug-likeness (QED) is 0.875. The van der Waals surface area contributed by atoms with E-state index in [4.69, 9.17) is 10.5 Å². The first-order valence-corrected chi connectivity index (χ1v) is 5.74. The van der Waals surface area contributed by atoms with Crippen LogP contribution < -0.4 is 10.5 Å². The Hall–Kier alpha value is -1.87. The van der Waals surface area contributed by atoms with Gasteiger partial charge in [-0.05, 0) is 30.2 Å². The van der Waals surface area contributed by atoms with Crippen LogP contribution in [0.2, 0.25) is 0 Å². The summed E-state index contributed by atoms with van der Waals surface area (Å²) in [4.78, 5) is 4.19. The highest BCUT2D eigenvalue weighted by Gasteiger charge is 2.04. The Morgan fingerprint density at radius 3 is 2.59 bits per heavy atom. The summed E-state index contributed by atoms with van der Waals surface area (Å²) in [6.45, 7) is 2.55. The summed E-state index contributed by atoms with van der Waals surface area (Å²) < 4.78 is 5.71. The van der Waals surface area contributed by atoms with Gasteiger partial charge in [0.05, 0.1) is 0 Å². The van der Waals surface area contributed by atoms with Gasteiger partial charge in [0.2, 0.25) is 5.88 Å². The van der Waals surface area contributed by atoms with Crippen LogP contribution in [0.4, 0.5) is 0 Å². The molecule has 3 nitrogen and oxygen atoms in total. The fourth-order valence-electron chi connectivity index (χ4n) is 1.58. The largest absolute Gasteiger partial charge is 0.439 e. The third-order valence-corrected chi connectivity index (χ3v) is 2.62. The van der Waals surface area contributed by atoms with Gasteiger partial charge in [0.1, 0.15) is 5.75 Å². The van der Waals surface area contributed by atoms with E-state index in [1.54, 1.807) is 6.20 Å². The minimum atomic E-state index is 0.427. The monoisotopic (exact) mass is 228 g/mol. The van der Waals surface area contributed by atoms with Crippen molar-refractivity contribution >= 4 is 0 Å². The summed E-state index contributed by atoms with van der Waals surface area (Å²) >= 11 is 0. The van der Waals surface area contributed by atoms with Gasteiger partial charge in [-0.1, -0.05) is 25.1 Å². The highest BCUT2D eigenvalue weighted by atomic mass is 16.5. The van der Waals surface area contributed by atoms with Crippen LogP contribution in [0.3, 0.4) is 0 Å². The van der Waals surface area contributed by atoms with Crippen molar-refractivity contribution in [2.75, 3.05) is 0 Å². The van der Waals surface area contributed by atoms with Gasteiger partial charge in [-0.3, -0.25) is 0 Å². The molecular weight excluding hydrogens is 212 g/mol. The molecule has 0 bridgehead atoms. The summed E-state index contributed by atoms with van der Waals surface area (Å²) in [5.41, 5.74) is 7.83. The second-order valence-corrected chi connectivity index (χ2v) is 3.77. The fraction of sp³-hybridized carbons (Fsp3) is 0.214. The maximum Gasteiger partial charge on any atom is 0.223 e. The van der Waals surface area contributed by atoms with E-state index in [1.807, 2.05) is 24.3 Å². The number of nitrogens with zero attached hydrogens (tertiary/aromatic N) is 1. The lowest BCUT2D eigenvalue weighted by Gasteiger charge is -2.08. The number of hydrogen-bond acceptors (Lipinski definition) is 3. The average Bonchev–Trinajstić information content (AvgIpc) is 2.40. The molecule has 1 heterocycles. The lowest BCUT2D eigenvalue weighted by Crippen LogP contribution is -2.00. The average molecular weight is 228 g/mol. The lowest BCUT2D eigenvalue weighted by atomic mass is 10.2. The number of pyridine rings is 1. The van der Waals surface area contributed by atoms with Crippen LogP contribution in [0.25, 0.3) is 0 Å². The Bertz CT molecular complexity index is 480. The van der Waals surface area contributed by atoms with Gasteiger partial charge in [0.25, 0.3) is 0 Å². The Labute approximate surface area is 101 Å². The van der Waals surface area contributed by atoms with Crippen molar-refractivity contribution in [2.24, 2.45) is 5.73 Å². The van der Waals surface area contributed by atoms with Crippen LogP contribution in [0.5, 0.6) is 11.6 Å². The smallest absolute Gasteiger partial charge is 0.223 e. The van der Waals surface area contributed by atoms with E-state index in [1.165, 1.54) is 5.56 Å². The van der Waals surface area contributed by atoms with Gasteiger partial charge in [0, 0.05) is 18.3 Å². The first-order chi connectivity index (χ1) is 8.33. The van der Waals surface area contributed by atoms with Crippen molar-refractivity contribution in [2.45, 2.75) is 19.9 Å². The SMILES string of the molecule is CCc1ccc(Oc2ncccc2CN)cc1. The first kappa shape index (κ1) is 11.6. The van der Waals surface area contributed by atoms with Crippen molar-refractivity contribution in [1.82, 2.24) is 4.98 Å². The minimum absolute atomic E-state index is 0.427. The van der Waals surface area contributed by atoms with Gasteiger partial charge < -0.3 is 10.5 Å². The zero-order chi connectivity index (χ0) is 12.1. The van der Waals surface area contributed by atoms with Crippen LogP contribution >= 0.6 is 0 Å². The van der Waals surface area contributed by atoms with E-state index in [0.29, 0.717) is 12.4 Å². The summed E-state index contributed by atoms with van der Waals surface area (Å²) in [6.07, 6.45) is 2.73. The van der Waals surface area contributed by atoms with Gasteiger partial charge in [-0.15, -0.1) is 0 Å².